The highest BCUT2D eigenvalue weighted by Gasteiger charge is 2.22. The van der Waals surface area contributed by atoms with Crippen molar-refractivity contribution in [1.82, 2.24) is 19.6 Å². The number of fused-ring (bicyclic) bond motifs is 1. The van der Waals surface area contributed by atoms with Crippen molar-refractivity contribution in [2.75, 3.05) is 39.9 Å². The molecule has 1 saturated heterocycles. The molecule has 1 fully saturated rings. The van der Waals surface area contributed by atoms with Gasteiger partial charge in [-0.25, -0.2) is 4.98 Å². The third-order valence-electron chi connectivity index (χ3n) is 5.41. The Bertz CT molecular complexity index is 748. The zero-order valence-electron chi connectivity index (χ0n) is 16.8. The average molecular weight is 373 g/mol. The summed E-state index contributed by atoms with van der Waals surface area (Å²) in [5, 5.41) is 3.12. The second-order valence-electron chi connectivity index (χ2n) is 7.77. The van der Waals surface area contributed by atoms with Crippen LogP contribution in [0.25, 0.3) is 5.52 Å². The molecule has 2 aromatic rings. The maximum absolute atomic E-state index is 12.8. The number of imidazole rings is 1. The number of carbonyl (C=O) groups excluding carboxylic acids is 1. The van der Waals surface area contributed by atoms with Gasteiger partial charge in [0.05, 0.1) is 11.2 Å². The van der Waals surface area contributed by atoms with Crippen LogP contribution in [0.1, 0.15) is 55.3 Å². The van der Waals surface area contributed by atoms with E-state index >= 15 is 0 Å². The number of ether oxygens (including phenoxy) is 1. The molecule has 3 rings (SSSR count). The molecule has 27 heavy (non-hydrogen) atoms. The van der Waals surface area contributed by atoms with E-state index in [4.69, 9.17) is 4.74 Å². The van der Waals surface area contributed by atoms with E-state index in [2.05, 4.69) is 29.0 Å². The van der Waals surface area contributed by atoms with Crippen molar-refractivity contribution in [1.29, 1.82) is 0 Å². The Morgan fingerprint density at radius 2 is 2.11 bits per heavy atom. The third kappa shape index (κ3) is 4.87. The van der Waals surface area contributed by atoms with Gasteiger partial charge in [-0.1, -0.05) is 19.9 Å². The van der Waals surface area contributed by atoms with Crippen molar-refractivity contribution in [2.45, 2.75) is 39.0 Å². The topological polar surface area (TPSA) is 58.9 Å². The van der Waals surface area contributed by atoms with Crippen LogP contribution in [0.15, 0.2) is 24.4 Å². The molecule has 0 atom stereocenters. The minimum absolute atomic E-state index is 0.0781. The fourth-order valence-electron chi connectivity index (χ4n) is 3.81. The van der Waals surface area contributed by atoms with Gasteiger partial charge in [0.2, 0.25) is 5.82 Å². The number of amides is 1. The second kappa shape index (κ2) is 9.33. The van der Waals surface area contributed by atoms with Gasteiger partial charge in [-0.15, -0.1) is 0 Å². The average Bonchev–Trinajstić information content (AvgIpc) is 3.07. The number of hydrogen-bond donors (Lipinski definition) is 1. The summed E-state index contributed by atoms with van der Waals surface area (Å²) in [6, 6.07) is 5.96. The number of nitrogens with zero attached hydrogens (tertiary/aromatic N) is 3. The van der Waals surface area contributed by atoms with Crippen LogP contribution in [0, 0.1) is 5.92 Å². The summed E-state index contributed by atoms with van der Waals surface area (Å²) in [6.45, 7) is 9.08. The van der Waals surface area contributed by atoms with Crippen molar-refractivity contribution in [2.24, 2.45) is 5.92 Å². The minimum Gasteiger partial charge on any atom is -0.385 e. The first-order valence-electron chi connectivity index (χ1n) is 10.1. The lowest BCUT2D eigenvalue weighted by Gasteiger charge is -2.31. The molecule has 0 radical (unpaired) electrons. The van der Waals surface area contributed by atoms with Gasteiger partial charge < -0.3 is 15.0 Å². The summed E-state index contributed by atoms with van der Waals surface area (Å²) in [6.07, 6.45) is 5.27. The fraction of sp³-hybridized carbons (Fsp3) is 0.619. The van der Waals surface area contributed by atoms with Crippen LogP contribution < -0.4 is 5.32 Å². The summed E-state index contributed by atoms with van der Waals surface area (Å²) in [7, 11) is 1.75. The molecule has 0 aromatic carbocycles. The predicted molar refractivity (Wildman–Crippen MR) is 107 cm³/mol. The van der Waals surface area contributed by atoms with Crippen LogP contribution in [0.4, 0.5) is 0 Å². The normalized spacial score (nSPS) is 16.3. The Morgan fingerprint density at radius 3 is 2.81 bits per heavy atom. The number of aromatic nitrogens is 2. The van der Waals surface area contributed by atoms with Crippen LogP contribution in [-0.2, 0) is 4.74 Å². The molecule has 3 heterocycles. The molecule has 1 N–H and O–H groups in total. The van der Waals surface area contributed by atoms with Gasteiger partial charge in [0, 0.05) is 33.0 Å². The zero-order valence-corrected chi connectivity index (χ0v) is 16.8. The summed E-state index contributed by atoms with van der Waals surface area (Å²) in [5.41, 5.74) is 1.99. The molecule has 6 nitrogen and oxygen atoms in total. The van der Waals surface area contributed by atoms with E-state index in [1.807, 2.05) is 28.8 Å². The van der Waals surface area contributed by atoms with Gasteiger partial charge in [0.1, 0.15) is 0 Å². The number of methoxy groups -OCH3 is 1. The minimum atomic E-state index is -0.0781. The molecule has 0 aliphatic carbocycles. The number of carbonyl (C=O) groups is 1. The molecular weight excluding hydrogens is 340 g/mol. The highest BCUT2D eigenvalue weighted by atomic mass is 16.5. The van der Waals surface area contributed by atoms with E-state index in [0.717, 1.165) is 63.3 Å². The Labute approximate surface area is 161 Å². The number of nitrogens with one attached hydrogen (secondary N) is 1. The van der Waals surface area contributed by atoms with Gasteiger partial charge in [-0.05, 0) is 56.3 Å². The van der Waals surface area contributed by atoms with E-state index in [-0.39, 0.29) is 11.8 Å². The summed E-state index contributed by atoms with van der Waals surface area (Å²) < 4.78 is 7.03. The molecule has 0 bridgehead atoms. The standard InChI is InChI=1S/C21H32N4O2/c1-16(2)19-18-7-4-5-11-25(18)20(23-19)21(26)22-15-17-8-12-24(13-9-17)10-6-14-27-3/h4-5,7,11,16-17H,6,8-10,12-15H2,1-3H3,(H,22,26). The van der Waals surface area contributed by atoms with E-state index < -0.39 is 0 Å². The monoisotopic (exact) mass is 372 g/mol. The van der Waals surface area contributed by atoms with Crippen LogP contribution in [0.2, 0.25) is 0 Å². The van der Waals surface area contributed by atoms with Crippen LogP contribution in [0.5, 0.6) is 0 Å². The van der Waals surface area contributed by atoms with Gasteiger partial charge in [-0.3, -0.25) is 9.20 Å². The summed E-state index contributed by atoms with van der Waals surface area (Å²) in [5.74, 6) is 1.24. The SMILES string of the molecule is COCCCN1CCC(CNC(=O)c2nc(C(C)C)c3ccccn23)CC1. The number of hydrogen-bond acceptors (Lipinski definition) is 4. The first kappa shape index (κ1) is 19.8. The zero-order chi connectivity index (χ0) is 19.2. The number of likely N-dealkylation sites (tertiary alicyclic amines) is 1. The van der Waals surface area contributed by atoms with Crippen molar-refractivity contribution in [3.63, 3.8) is 0 Å². The van der Waals surface area contributed by atoms with Gasteiger partial charge >= 0.3 is 0 Å². The summed E-state index contributed by atoms with van der Waals surface area (Å²) >= 11 is 0. The van der Waals surface area contributed by atoms with Crippen molar-refractivity contribution < 1.29 is 9.53 Å². The lowest BCUT2D eigenvalue weighted by Crippen LogP contribution is -2.39. The highest BCUT2D eigenvalue weighted by Crippen LogP contribution is 2.21. The molecule has 1 aliphatic heterocycles. The van der Waals surface area contributed by atoms with Crippen LogP contribution in [-0.4, -0.2) is 60.1 Å². The lowest BCUT2D eigenvalue weighted by molar-refractivity contribution is 0.0922. The largest absolute Gasteiger partial charge is 0.385 e. The first-order valence-corrected chi connectivity index (χ1v) is 10.1. The molecule has 1 amide bonds. The van der Waals surface area contributed by atoms with Crippen LogP contribution >= 0.6 is 0 Å². The molecule has 0 saturated carbocycles. The van der Waals surface area contributed by atoms with Crippen molar-refractivity contribution >= 4 is 11.4 Å². The molecule has 148 valence electrons. The van der Waals surface area contributed by atoms with Gasteiger partial charge in [-0.2, -0.15) is 0 Å². The fourth-order valence-corrected chi connectivity index (χ4v) is 3.81. The van der Waals surface area contributed by atoms with E-state index in [0.29, 0.717) is 11.7 Å². The van der Waals surface area contributed by atoms with Crippen molar-refractivity contribution in [3.05, 3.63) is 35.9 Å². The molecule has 0 spiro atoms. The van der Waals surface area contributed by atoms with Gasteiger partial charge in [0.15, 0.2) is 0 Å². The first-order chi connectivity index (χ1) is 13.1. The highest BCUT2D eigenvalue weighted by molar-refractivity contribution is 5.92. The summed E-state index contributed by atoms with van der Waals surface area (Å²) in [4.78, 5) is 19.9. The van der Waals surface area contributed by atoms with Gasteiger partial charge in [0.25, 0.3) is 5.91 Å². The molecule has 1 aliphatic rings. The predicted octanol–water partition coefficient (Wildman–Crippen LogP) is 2.94. The quantitative estimate of drug-likeness (QED) is 0.724. The maximum Gasteiger partial charge on any atom is 0.287 e. The Kier molecular flexibility index (Phi) is 6.85. The molecule has 6 heteroatoms. The lowest BCUT2D eigenvalue weighted by atomic mass is 9.96. The van der Waals surface area contributed by atoms with E-state index in [1.165, 1.54) is 0 Å². The molecule has 2 aromatic heterocycles. The third-order valence-corrected chi connectivity index (χ3v) is 5.41. The number of rotatable bonds is 8. The second-order valence-corrected chi connectivity index (χ2v) is 7.77. The number of piperidine rings is 1. The number of pyridine rings is 1. The Hall–Kier alpha value is -1.92. The van der Waals surface area contributed by atoms with Crippen molar-refractivity contribution in [3.8, 4) is 0 Å². The van der Waals surface area contributed by atoms with E-state index in [1.54, 1.807) is 7.11 Å². The maximum atomic E-state index is 12.8. The van der Waals surface area contributed by atoms with Crippen LogP contribution in [0.3, 0.4) is 0 Å². The Morgan fingerprint density at radius 1 is 1.33 bits per heavy atom. The Balaban J connectivity index is 1.54. The van der Waals surface area contributed by atoms with E-state index in [9.17, 15) is 4.79 Å². The molecular formula is C21H32N4O2. The molecule has 0 unspecified atom stereocenters. The smallest absolute Gasteiger partial charge is 0.287 e.